The third-order valence-corrected chi connectivity index (χ3v) is 3.91. The van der Waals surface area contributed by atoms with Crippen molar-refractivity contribution in [2.75, 3.05) is 17.0 Å². The number of hydrogen-bond donors (Lipinski definition) is 2. The lowest BCUT2D eigenvalue weighted by molar-refractivity contribution is 0.581. The van der Waals surface area contributed by atoms with Gasteiger partial charge in [-0.2, -0.15) is 0 Å². The molecule has 0 radical (unpaired) electrons. The Bertz CT molecular complexity index is 531. The van der Waals surface area contributed by atoms with Crippen LogP contribution in [0.25, 0.3) is 0 Å². The second kappa shape index (κ2) is 7.49. The van der Waals surface area contributed by atoms with E-state index in [4.69, 9.17) is 0 Å². The van der Waals surface area contributed by atoms with Gasteiger partial charge in [-0.3, -0.25) is 0 Å². The monoisotopic (exact) mass is 301 g/mol. The number of aromatic nitrogens is 3. The van der Waals surface area contributed by atoms with Crippen LogP contribution in [-0.2, 0) is 22.9 Å². The minimum absolute atomic E-state index is 0.0223. The van der Waals surface area contributed by atoms with Gasteiger partial charge in [0.15, 0.2) is 0 Å². The van der Waals surface area contributed by atoms with Crippen molar-refractivity contribution >= 4 is 16.0 Å². The Morgan fingerprint density at radius 2 is 1.75 bits per heavy atom. The number of hydrogen-bond acceptors (Lipinski definition) is 6. The second-order valence-corrected chi connectivity index (χ2v) is 6.61. The molecule has 0 aliphatic carbocycles. The van der Waals surface area contributed by atoms with Crippen LogP contribution >= 0.6 is 0 Å². The van der Waals surface area contributed by atoms with Crippen LogP contribution in [0, 0.1) is 0 Å². The summed E-state index contributed by atoms with van der Waals surface area (Å²) in [5, 5.41) is 10.9. The summed E-state index contributed by atoms with van der Waals surface area (Å²) in [6.07, 6.45) is 1.43. The third kappa shape index (κ3) is 5.38. The van der Waals surface area contributed by atoms with Crippen LogP contribution in [0.4, 0.5) is 5.95 Å². The highest BCUT2D eigenvalue weighted by Crippen LogP contribution is 2.08. The predicted molar refractivity (Wildman–Crippen MR) is 79.1 cm³/mol. The van der Waals surface area contributed by atoms with Gasteiger partial charge in [-0.15, -0.1) is 10.2 Å². The summed E-state index contributed by atoms with van der Waals surface area (Å²) in [6, 6.07) is 0.249. The quantitative estimate of drug-likeness (QED) is 0.735. The van der Waals surface area contributed by atoms with Crippen LogP contribution in [0.1, 0.15) is 39.1 Å². The first-order chi connectivity index (χ1) is 9.38. The summed E-state index contributed by atoms with van der Waals surface area (Å²) >= 11 is 0. The van der Waals surface area contributed by atoms with E-state index in [1.807, 2.05) is 27.7 Å². The maximum atomic E-state index is 11.9. The SMILES string of the molecule is CCc1nnc(NS(=O)(=O)CCNC(C)C)nc1CC. The Kier molecular flexibility index (Phi) is 6.28. The molecule has 8 heteroatoms. The molecular formula is C12H23N5O2S. The molecule has 0 spiro atoms. The zero-order valence-electron chi connectivity index (χ0n) is 12.5. The molecule has 0 atom stereocenters. The zero-order chi connectivity index (χ0) is 15.2. The minimum atomic E-state index is -3.45. The molecule has 0 aliphatic rings. The standard InChI is InChI=1S/C12H23N5O2S/c1-5-10-11(6-2)15-16-12(14-10)17-20(18,19)8-7-13-9(3)4/h9,13H,5-8H2,1-4H3,(H,14,16,17). The van der Waals surface area contributed by atoms with Gasteiger partial charge in [0.25, 0.3) is 5.95 Å². The fraction of sp³-hybridized carbons (Fsp3) is 0.750. The maximum absolute atomic E-state index is 11.9. The van der Waals surface area contributed by atoms with Crippen molar-refractivity contribution in [3.8, 4) is 0 Å². The Morgan fingerprint density at radius 3 is 2.30 bits per heavy atom. The molecule has 0 fully saturated rings. The van der Waals surface area contributed by atoms with Crippen LogP contribution in [0.15, 0.2) is 0 Å². The van der Waals surface area contributed by atoms with Crippen LogP contribution in [0.5, 0.6) is 0 Å². The van der Waals surface area contributed by atoms with E-state index in [2.05, 4.69) is 25.2 Å². The molecule has 1 rings (SSSR count). The Labute approximate surface area is 120 Å². The smallest absolute Gasteiger partial charge is 0.256 e. The van der Waals surface area contributed by atoms with E-state index in [1.54, 1.807) is 0 Å². The first-order valence-corrected chi connectivity index (χ1v) is 8.49. The largest absolute Gasteiger partial charge is 0.313 e. The van der Waals surface area contributed by atoms with Crippen molar-refractivity contribution in [2.24, 2.45) is 0 Å². The van der Waals surface area contributed by atoms with Crippen molar-refractivity contribution in [1.29, 1.82) is 0 Å². The minimum Gasteiger partial charge on any atom is -0.313 e. The molecule has 2 N–H and O–H groups in total. The average Bonchev–Trinajstić information content (AvgIpc) is 2.37. The van der Waals surface area contributed by atoms with Gasteiger partial charge >= 0.3 is 0 Å². The third-order valence-electron chi connectivity index (χ3n) is 2.68. The lowest BCUT2D eigenvalue weighted by Crippen LogP contribution is -2.31. The summed E-state index contributed by atoms with van der Waals surface area (Å²) in [5.74, 6) is 0.0227. The molecule has 114 valence electrons. The molecule has 0 saturated heterocycles. The van der Waals surface area contributed by atoms with Gasteiger partial charge in [-0.25, -0.2) is 18.1 Å². The molecule has 7 nitrogen and oxygen atoms in total. The van der Waals surface area contributed by atoms with Gasteiger partial charge < -0.3 is 5.32 Å². The highest BCUT2D eigenvalue weighted by Gasteiger charge is 2.14. The average molecular weight is 301 g/mol. The van der Waals surface area contributed by atoms with Gasteiger partial charge in [-0.1, -0.05) is 27.7 Å². The number of nitrogens with zero attached hydrogens (tertiary/aromatic N) is 3. The van der Waals surface area contributed by atoms with Crippen molar-refractivity contribution < 1.29 is 8.42 Å². The summed E-state index contributed by atoms with van der Waals surface area (Å²) in [4.78, 5) is 4.21. The highest BCUT2D eigenvalue weighted by atomic mass is 32.2. The fourth-order valence-corrected chi connectivity index (χ4v) is 2.51. The van der Waals surface area contributed by atoms with Crippen LogP contribution < -0.4 is 10.0 Å². The number of rotatable bonds is 8. The van der Waals surface area contributed by atoms with E-state index in [0.717, 1.165) is 17.8 Å². The van der Waals surface area contributed by atoms with Crippen molar-refractivity contribution in [3.63, 3.8) is 0 Å². The van der Waals surface area contributed by atoms with Crippen LogP contribution in [-0.4, -0.2) is 41.9 Å². The molecule has 1 aromatic heterocycles. The predicted octanol–water partition coefficient (Wildman–Crippen LogP) is 0.736. The molecular weight excluding hydrogens is 278 g/mol. The fourth-order valence-electron chi connectivity index (χ4n) is 1.65. The van der Waals surface area contributed by atoms with Gasteiger partial charge in [-0.05, 0) is 12.8 Å². The van der Waals surface area contributed by atoms with Crippen molar-refractivity contribution in [2.45, 2.75) is 46.6 Å². The summed E-state index contributed by atoms with van der Waals surface area (Å²) in [6.45, 7) is 8.22. The number of nitrogens with one attached hydrogen (secondary N) is 2. The van der Waals surface area contributed by atoms with E-state index in [-0.39, 0.29) is 17.7 Å². The van der Waals surface area contributed by atoms with Gasteiger partial charge in [0.2, 0.25) is 10.0 Å². The molecule has 0 aromatic carbocycles. The lowest BCUT2D eigenvalue weighted by atomic mass is 10.2. The van der Waals surface area contributed by atoms with Gasteiger partial charge in [0, 0.05) is 12.6 Å². The summed E-state index contributed by atoms with van der Waals surface area (Å²) < 4.78 is 26.1. The van der Waals surface area contributed by atoms with Crippen molar-refractivity contribution in [3.05, 3.63) is 11.4 Å². The Balaban J connectivity index is 2.72. The molecule has 0 saturated carbocycles. The molecule has 0 amide bonds. The normalized spacial score (nSPS) is 11.8. The molecule has 1 aromatic rings. The van der Waals surface area contributed by atoms with Crippen LogP contribution in [0.2, 0.25) is 0 Å². The summed E-state index contributed by atoms with van der Waals surface area (Å²) in [5.41, 5.74) is 1.58. The first kappa shape index (κ1) is 16.8. The van der Waals surface area contributed by atoms with E-state index in [1.165, 1.54) is 0 Å². The number of anilines is 1. The maximum Gasteiger partial charge on any atom is 0.256 e. The molecule has 0 unspecified atom stereocenters. The number of aryl methyl sites for hydroxylation is 2. The van der Waals surface area contributed by atoms with E-state index >= 15 is 0 Å². The molecule has 0 bridgehead atoms. The molecule has 1 heterocycles. The lowest BCUT2D eigenvalue weighted by Gasteiger charge is -2.10. The Morgan fingerprint density at radius 1 is 1.10 bits per heavy atom. The molecule has 0 aliphatic heterocycles. The second-order valence-electron chi connectivity index (χ2n) is 4.77. The summed E-state index contributed by atoms with van der Waals surface area (Å²) in [7, 11) is -3.45. The highest BCUT2D eigenvalue weighted by molar-refractivity contribution is 7.92. The van der Waals surface area contributed by atoms with Gasteiger partial charge in [0.05, 0.1) is 17.1 Å². The van der Waals surface area contributed by atoms with E-state index in [0.29, 0.717) is 13.0 Å². The topological polar surface area (TPSA) is 96.9 Å². The Hall–Kier alpha value is -1.28. The van der Waals surface area contributed by atoms with E-state index < -0.39 is 10.0 Å². The zero-order valence-corrected chi connectivity index (χ0v) is 13.3. The first-order valence-electron chi connectivity index (χ1n) is 6.84. The van der Waals surface area contributed by atoms with Gasteiger partial charge in [0.1, 0.15) is 0 Å². The van der Waals surface area contributed by atoms with Crippen molar-refractivity contribution in [1.82, 2.24) is 20.5 Å². The van der Waals surface area contributed by atoms with Crippen LogP contribution in [0.3, 0.4) is 0 Å². The molecule has 20 heavy (non-hydrogen) atoms. The van der Waals surface area contributed by atoms with E-state index in [9.17, 15) is 8.42 Å². The number of sulfonamides is 1.